The molecule has 0 saturated heterocycles. The molecule has 4 heteroatoms. The van der Waals surface area contributed by atoms with Gasteiger partial charge in [0.2, 0.25) is 0 Å². The third-order valence-electron chi connectivity index (χ3n) is 3.08. The van der Waals surface area contributed by atoms with Gasteiger partial charge in [-0.3, -0.25) is 0 Å². The van der Waals surface area contributed by atoms with E-state index in [9.17, 15) is 0 Å². The summed E-state index contributed by atoms with van der Waals surface area (Å²) in [6.45, 7) is 3.99. The van der Waals surface area contributed by atoms with Gasteiger partial charge in [-0.25, -0.2) is 0 Å². The van der Waals surface area contributed by atoms with Crippen molar-refractivity contribution in [2.24, 2.45) is 5.92 Å². The summed E-state index contributed by atoms with van der Waals surface area (Å²) in [7, 11) is 1.57. The summed E-state index contributed by atoms with van der Waals surface area (Å²) < 4.78 is 5.17. The van der Waals surface area contributed by atoms with Crippen LogP contribution in [-0.2, 0) is 6.54 Å². The normalized spacial score (nSPS) is 11.9. The maximum Gasteiger partial charge on any atom is 0.136 e. The number of methoxy groups -OCH3 is 1. The van der Waals surface area contributed by atoms with Crippen LogP contribution in [0.5, 0.6) is 5.75 Å². The van der Waals surface area contributed by atoms with Crippen LogP contribution in [0.1, 0.15) is 30.9 Å². The predicted molar refractivity (Wildman–Crippen MR) is 74.9 cm³/mol. The number of nitrogens with one attached hydrogen (secondary N) is 1. The van der Waals surface area contributed by atoms with E-state index in [1.807, 2.05) is 19.1 Å². The van der Waals surface area contributed by atoms with Crippen LogP contribution in [0.2, 0.25) is 0 Å². The van der Waals surface area contributed by atoms with E-state index in [0.717, 1.165) is 31.5 Å². The first kappa shape index (κ1) is 15.5. The largest absolute Gasteiger partial charge is 0.495 e. The highest BCUT2D eigenvalue weighted by molar-refractivity contribution is 5.45. The second-order valence-electron chi connectivity index (χ2n) is 4.75. The molecule has 0 bridgehead atoms. The van der Waals surface area contributed by atoms with Crippen molar-refractivity contribution in [2.75, 3.05) is 20.3 Å². The fourth-order valence-electron chi connectivity index (χ4n) is 1.84. The molecule has 1 aromatic carbocycles. The van der Waals surface area contributed by atoms with E-state index in [-0.39, 0.29) is 6.61 Å². The molecule has 2 N–H and O–H groups in total. The SMILES string of the molecule is COc1cc(CNCCCC(C)CO)ccc1C#N. The molecule has 1 rings (SSSR count). The van der Waals surface area contributed by atoms with Crippen LogP contribution >= 0.6 is 0 Å². The second kappa shape index (κ2) is 8.52. The molecule has 0 aliphatic rings. The van der Waals surface area contributed by atoms with Crippen LogP contribution in [0, 0.1) is 17.2 Å². The van der Waals surface area contributed by atoms with Gasteiger partial charge in [0, 0.05) is 13.2 Å². The fraction of sp³-hybridized carbons (Fsp3) is 0.533. The van der Waals surface area contributed by atoms with Gasteiger partial charge in [-0.15, -0.1) is 0 Å². The van der Waals surface area contributed by atoms with E-state index in [0.29, 0.717) is 17.2 Å². The summed E-state index contributed by atoms with van der Waals surface area (Å²) in [5.74, 6) is 0.993. The van der Waals surface area contributed by atoms with Crippen LogP contribution in [0.4, 0.5) is 0 Å². The zero-order valence-corrected chi connectivity index (χ0v) is 11.6. The van der Waals surface area contributed by atoms with E-state index < -0.39 is 0 Å². The summed E-state index contributed by atoms with van der Waals surface area (Å²) in [6.07, 6.45) is 2.08. The van der Waals surface area contributed by atoms with E-state index in [2.05, 4.69) is 11.4 Å². The molecule has 1 aromatic rings. The minimum atomic E-state index is 0.257. The number of aliphatic hydroxyl groups is 1. The highest BCUT2D eigenvalue weighted by Crippen LogP contribution is 2.19. The van der Waals surface area contributed by atoms with Crippen molar-refractivity contribution in [1.82, 2.24) is 5.32 Å². The van der Waals surface area contributed by atoms with Crippen LogP contribution in [-0.4, -0.2) is 25.4 Å². The number of aliphatic hydroxyl groups excluding tert-OH is 1. The molecule has 0 fully saturated rings. The summed E-state index contributed by atoms with van der Waals surface area (Å²) >= 11 is 0. The molecule has 0 amide bonds. The Labute approximate surface area is 115 Å². The zero-order valence-electron chi connectivity index (χ0n) is 11.6. The molecule has 0 spiro atoms. The molecule has 19 heavy (non-hydrogen) atoms. The first-order valence-electron chi connectivity index (χ1n) is 6.59. The molecule has 1 atom stereocenters. The molecular formula is C15H22N2O2. The standard InChI is InChI=1S/C15H22N2O2/c1-12(11-18)4-3-7-17-10-13-5-6-14(9-16)15(8-13)19-2/h5-6,8,12,17-18H,3-4,7,10-11H2,1-2H3. The summed E-state index contributed by atoms with van der Waals surface area (Å²) in [6, 6.07) is 7.71. The minimum absolute atomic E-state index is 0.257. The number of benzene rings is 1. The first-order chi connectivity index (χ1) is 9.21. The Balaban J connectivity index is 2.36. The van der Waals surface area contributed by atoms with Crippen molar-refractivity contribution in [3.8, 4) is 11.8 Å². The Morgan fingerprint density at radius 3 is 2.89 bits per heavy atom. The molecule has 0 saturated carbocycles. The average Bonchev–Trinajstić information content (AvgIpc) is 2.46. The maximum absolute atomic E-state index is 8.92. The molecule has 1 unspecified atom stereocenters. The average molecular weight is 262 g/mol. The van der Waals surface area contributed by atoms with Gasteiger partial charge in [-0.05, 0) is 43.0 Å². The molecular weight excluding hydrogens is 240 g/mol. The number of nitrogens with zero attached hydrogens (tertiary/aromatic N) is 1. The molecule has 0 heterocycles. The first-order valence-corrected chi connectivity index (χ1v) is 6.59. The molecule has 104 valence electrons. The number of hydrogen-bond acceptors (Lipinski definition) is 4. The molecule has 0 aliphatic heterocycles. The Morgan fingerprint density at radius 2 is 2.26 bits per heavy atom. The van der Waals surface area contributed by atoms with E-state index >= 15 is 0 Å². The van der Waals surface area contributed by atoms with Gasteiger partial charge in [0.25, 0.3) is 0 Å². The van der Waals surface area contributed by atoms with Gasteiger partial charge < -0.3 is 15.2 Å². The number of rotatable bonds is 8. The van der Waals surface area contributed by atoms with Gasteiger partial charge in [0.1, 0.15) is 11.8 Å². The monoisotopic (exact) mass is 262 g/mol. The van der Waals surface area contributed by atoms with Gasteiger partial charge in [0.15, 0.2) is 0 Å². The van der Waals surface area contributed by atoms with E-state index in [1.54, 1.807) is 13.2 Å². The third-order valence-corrected chi connectivity index (χ3v) is 3.08. The predicted octanol–water partition coefficient (Wildman–Crippen LogP) is 2.07. The van der Waals surface area contributed by atoms with Crippen molar-refractivity contribution in [2.45, 2.75) is 26.3 Å². The lowest BCUT2D eigenvalue weighted by Gasteiger charge is -2.09. The zero-order chi connectivity index (χ0) is 14.1. The third kappa shape index (κ3) is 5.29. The molecule has 0 aliphatic carbocycles. The smallest absolute Gasteiger partial charge is 0.136 e. The summed E-state index contributed by atoms with van der Waals surface area (Å²) in [5, 5.41) is 21.2. The van der Waals surface area contributed by atoms with Crippen molar-refractivity contribution in [3.05, 3.63) is 29.3 Å². The van der Waals surface area contributed by atoms with Gasteiger partial charge in [-0.2, -0.15) is 5.26 Å². The highest BCUT2D eigenvalue weighted by atomic mass is 16.5. The lowest BCUT2D eigenvalue weighted by Crippen LogP contribution is -2.16. The van der Waals surface area contributed by atoms with Crippen molar-refractivity contribution in [3.63, 3.8) is 0 Å². The summed E-state index contributed by atoms with van der Waals surface area (Å²) in [4.78, 5) is 0. The van der Waals surface area contributed by atoms with E-state index in [1.165, 1.54) is 0 Å². The molecule has 4 nitrogen and oxygen atoms in total. The topological polar surface area (TPSA) is 65.3 Å². The quantitative estimate of drug-likeness (QED) is 0.704. The molecule has 0 radical (unpaired) electrons. The Kier molecular flexibility index (Phi) is 6.94. The lowest BCUT2D eigenvalue weighted by molar-refractivity contribution is 0.228. The highest BCUT2D eigenvalue weighted by Gasteiger charge is 2.03. The maximum atomic E-state index is 8.92. The molecule has 0 aromatic heterocycles. The van der Waals surface area contributed by atoms with Crippen LogP contribution in [0.3, 0.4) is 0 Å². The number of hydrogen-bond donors (Lipinski definition) is 2. The number of ether oxygens (including phenoxy) is 1. The second-order valence-corrected chi connectivity index (χ2v) is 4.75. The Hall–Kier alpha value is -1.57. The van der Waals surface area contributed by atoms with E-state index in [4.69, 9.17) is 15.1 Å². The minimum Gasteiger partial charge on any atom is -0.495 e. The number of nitriles is 1. The van der Waals surface area contributed by atoms with Crippen LogP contribution in [0.15, 0.2) is 18.2 Å². The van der Waals surface area contributed by atoms with Crippen molar-refractivity contribution in [1.29, 1.82) is 5.26 Å². The van der Waals surface area contributed by atoms with Crippen LogP contribution in [0.25, 0.3) is 0 Å². The van der Waals surface area contributed by atoms with Gasteiger partial charge in [0.05, 0.1) is 12.7 Å². The summed E-state index contributed by atoms with van der Waals surface area (Å²) in [5.41, 5.74) is 1.66. The van der Waals surface area contributed by atoms with Gasteiger partial charge in [-0.1, -0.05) is 13.0 Å². The van der Waals surface area contributed by atoms with Gasteiger partial charge >= 0.3 is 0 Å². The lowest BCUT2D eigenvalue weighted by atomic mass is 10.1. The van der Waals surface area contributed by atoms with Crippen molar-refractivity contribution < 1.29 is 9.84 Å². The Morgan fingerprint density at radius 1 is 1.47 bits per heavy atom. The van der Waals surface area contributed by atoms with Crippen molar-refractivity contribution >= 4 is 0 Å². The van der Waals surface area contributed by atoms with Crippen LogP contribution < -0.4 is 10.1 Å². The fourth-order valence-corrected chi connectivity index (χ4v) is 1.84. The Bertz CT molecular complexity index is 427.